The van der Waals surface area contributed by atoms with E-state index in [1.807, 2.05) is 0 Å². The molecule has 0 spiro atoms. The van der Waals surface area contributed by atoms with Gasteiger partial charge in [0, 0.05) is 5.56 Å². The van der Waals surface area contributed by atoms with Gasteiger partial charge in [0.05, 0.1) is 10.2 Å². The first-order chi connectivity index (χ1) is 8.90. The molecule has 0 amide bonds. The van der Waals surface area contributed by atoms with Crippen molar-refractivity contribution in [3.8, 4) is 11.4 Å². The van der Waals surface area contributed by atoms with Crippen molar-refractivity contribution < 1.29 is 0 Å². The Morgan fingerprint density at radius 2 is 1.84 bits per heavy atom. The molecule has 3 nitrogen and oxygen atoms in total. The van der Waals surface area contributed by atoms with E-state index in [1.165, 1.54) is 5.56 Å². The molecule has 0 aliphatic carbocycles. The Bertz CT molecular complexity index is 621. The van der Waals surface area contributed by atoms with Crippen LogP contribution >= 0.6 is 15.9 Å². The van der Waals surface area contributed by atoms with Crippen LogP contribution in [0.5, 0.6) is 0 Å². The SMILES string of the molecule is Cc1ccc(C)c(-c2nc(N)c(Br)c(C(C)C)n2)c1. The number of benzene rings is 1. The maximum atomic E-state index is 5.99. The second-order valence-electron chi connectivity index (χ2n) is 5.10. The van der Waals surface area contributed by atoms with Crippen molar-refractivity contribution in [1.82, 2.24) is 9.97 Å². The lowest BCUT2D eigenvalue weighted by atomic mass is 10.0. The van der Waals surface area contributed by atoms with Gasteiger partial charge < -0.3 is 5.73 Å². The lowest BCUT2D eigenvalue weighted by Crippen LogP contribution is -2.05. The standard InChI is InChI=1S/C15H18BrN3/c1-8(2)13-12(16)14(17)19-15(18-13)11-7-9(3)5-6-10(11)4/h5-8H,1-4H3,(H2,17,18,19). The van der Waals surface area contributed by atoms with Gasteiger partial charge in [-0.25, -0.2) is 9.97 Å². The number of rotatable bonds is 2. The van der Waals surface area contributed by atoms with Crippen molar-refractivity contribution in [1.29, 1.82) is 0 Å². The molecule has 100 valence electrons. The van der Waals surface area contributed by atoms with E-state index in [4.69, 9.17) is 5.73 Å². The zero-order valence-corrected chi connectivity index (χ0v) is 13.2. The van der Waals surface area contributed by atoms with Crippen LogP contribution in [-0.4, -0.2) is 9.97 Å². The number of nitrogen functional groups attached to an aromatic ring is 1. The molecule has 0 saturated carbocycles. The van der Waals surface area contributed by atoms with Gasteiger partial charge in [0.15, 0.2) is 5.82 Å². The molecule has 0 fully saturated rings. The third-order valence-electron chi connectivity index (χ3n) is 3.08. The molecule has 0 bridgehead atoms. The first kappa shape index (κ1) is 14.0. The van der Waals surface area contributed by atoms with Gasteiger partial charge in [0.25, 0.3) is 0 Å². The third-order valence-corrected chi connectivity index (χ3v) is 3.90. The maximum Gasteiger partial charge on any atom is 0.162 e. The van der Waals surface area contributed by atoms with E-state index in [1.54, 1.807) is 0 Å². The predicted octanol–water partition coefficient (Wildman–Crippen LogP) is 4.23. The molecule has 0 saturated heterocycles. The highest BCUT2D eigenvalue weighted by molar-refractivity contribution is 9.10. The topological polar surface area (TPSA) is 51.8 Å². The average Bonchev–Trinajstić information content (AvgIpc) is 2.35. The molecule has 19 heavy (non-hydrogen) atoms. The highest BCUT2D eigenvalue weighted by Crippen LogP contribution is 2.30. The van der Waals surface area contributed by atoms with Crippen molar-refractivity contribution in [2.45, 2.75) is 33.6 Å². The molecular formula is C15H18BrN3. The Morgan fingerprint density at radius 1 is 1.16 bits per heavy atom. The highest BCUT2D eigenvalue weighted by Gasteiger charge is 2.15. The van der Waals surface area contributed by atoms with Crippen LogP contribution in [0.1, 0.15) is 36.6 Å². The highest BCUT2D eigenvalue weighted by atomic mass is 79.9. The Labute approximate surface area is 122 Å². The molecule has 2 rings (SSSR count). The molecular weight excluding hydrogens is 302 g/mol. The van der Waals surface area contributed by atoms with Gasteiger partial charge >= 0.3 is 0 Å². The van der Waals surface area contributed by atoms with Crippen molar-refractivity contribution in [2.75, 3.05) is 5.73 Å². The minimum atomic E-state index is 0.295. The molecule has 0 aliphatic heterocycles. The minimum absolute atomic E-state index is 0.295. The number of halogens is 1. The van der Waals surface area contributed by atoms with Crippen LogP contribution in [0.15, 0.2) is 22.7 Å². The summed E-state index contributed by atoms with van der Waals surface area (Å²) in [7, 11) is 0. The van der Waals surface area contributed by atoms with Gasteiger partial charge in [0.1, 0.15) is 5.82 Å². The molecule has 1 aromatic heterocycles. The average molecular weight is 320 g/mol. The molecule has 2 aromatic rings. The first-order valence-corrected chi connectivity index (χ1v) is 7.10. The third kappa shape index (κ3) is 2.78. The van der Waals surface area contributed by atoms with E-state index in [0.717, 1.165) is 21.3 Å². The van der Waals surface area contributed by atoms with Gasteiger partial charge in [-0.05, 0) is 47.3 Å². The van der Waals surface area contributed by atoms with E-state index in [-0.39, 0.29) is 0 Å². The summed E-state index contributed by atoms with van der Waals surface area (Å²) in [5, 5.41) is 0. The van der Waals surface area contributed by atoms with Crippen LogP contribution in [0.3, 0.4) is 0 Å². The summed E-state index contributed by atoms with van der Waals surface area (Å²) in [6.07, 6.45) is 0. The van der Waals surface area contributed by atoms with Gasteiger partial charge in [0.2, 0.25) is 0 Å². The summed E-state index contributed by atoms with van der Waals surface area (Å²) in [5.74, 6) is 1.49. The zero-order valence-electron chi connectivity index (χ0n) is 11.7. The van der Waals surface area contributed by atoms with Gasteiger partial charge in [-0.2, -0.15) is 0 Å². The molecule has 1 heterocycles. The summed E-state index contributed by atoms with van der Waals surface area (Å²) < 4.78 is 0.802. The van der Waals surface area contributed by atoms with Crippen molar-refractivity contribution in [3.63, 3.8) is 0 Å². The molecule has 0 unspecified atom stereocenters. The Hall–Kier alpha value is -1.42. The van der Waals surface area contributed by atoms with Crippen LogP contribution in [0.25, 0.3) is 11.4 Å². The monoisotopic (exact) mass is 319 g/mol. The zero-order chi connectivity index (χ0) is 14.2. The molecule has 2 N–H and O–H groups in total. The quantitative estimate of drug-likeness (QED) is 0.901. The van der Waals surface area contributed by atoms with E-state index in [9.17, 15) is 0 Å². The molecule has 0 atom stereocenters. The number of aromatic nitrogens is 2. The Balaban J connectivity index is 2.66. The molecule has 0 radical (unpaired) electrons. The lowest BCUT2D eigenvalue weighted by molar-refractivity contribution is 0.811. The largest absolute Gasteiger partial charge is 0.383 e. The number of anilines is 1. The summed E-state index contributed by atoms with van der Waals surface area (Å²) in [6.45, 7) is 8.32. The summed E-state index contributed by atoms with van der Waals surface area (Å²) in [6, 6.07) is 6.27. The lowest BCUT2D eigenvalue weighted by Gasteiger charge is -2.13. The van der Waals surface area contributed by atoms with E-state index in [2.05, 4.69) is 71.8 Å². The van der Waals surface area contributed by atoms with Crippen LogP contribution < -0.4 is 5.73 Å². The fourth-order valence-corrected chi connectivity index (χ4v) is 2.60. The molecule has 1 aromatic carbocycles. The fraction of sp³-hybridized carbons (Fsp3) is 0.333. The van der Waals surface area contributed by atoms with Crippen LogP contribution in [-0.2, 0) is 0 Å². The van der Waals surface area contributed by atoms with Gasteiger partial charge in [-0.15, -0.1) is 0 Å². The molecule has 0 aliphatic rings. The van der Waals surface area contributed by atoms with Crippen molar-refractivity contribution in [2.24, 2.45) is 0 Å². The van der Waals surface area contributed by atoms with Gasteiger partial charge in [-0.3, -0.25) is 0 Å². The second-order valence-corrected chi connectivity index (χ2v) is 5.90. The number of hydrogen-bond donors (Lipinski definition) is 1. The molecule has 4 heteroatoms. The van der Waals surface area contributed by atoms with Crippen molar-refractivity contribution in [3.05, 3.63) is 39.5 Å². The Kier molecular flexibility index (Phi) is 3.90. The van der Waals surface area contributed by atoms with E-state index < -0.39 is 0 Å². The summed E-state index contributed by atoms with van der Waals surface area (Å²) in [4.78, 5) is 9.07. The Morgan fingerprint density at radius 3 is 2.47 bits per heavy atom. The second kappa shape index (κ2) is 5.29. The maximum absolute atomic E-state index is 5.99. The fourth-order valence-electron chi connectivity index (χ4n) is 1.96. The normalized spacial score (nSPS) is 11.1. The number of nitrogens with two attached hydrogens (primary N) is 1. The predicted molar refractivity (Wildman–Crippen MR) is 83.1 cm³/mol. The smallest absolute Gasteiger partial charge is 0.162 e. The summed E-state index contributed by atoms with van der Waals surface area (Å²) >= 11 is 3.47. The van der Waals surface area contributed by atoms with E-state index >= 15 is 0 Å². The number of hydrogen-bond acceptors (Lipinski definition) is 3. The first-order valence-electron chi connectivity index (χ1n) is 6.30. The number of aryl methyl sites for hydroxylation is 2. The van der Waals surface area contributed by atoms with Gasteiger partial charge in [-0.1, -0.05) is 31.5 Å². The van der Waals surface area contributed by atoms with Crippen molar-refractivity contribution >= 4 is 21.7 Å². The van der Waals surface area contributed by atoms with Crippen LogP contribution in [0.4, 0.5) is 5.82 Å². The number of nitrogens with zero attached hydrogens (tertiary/aromatic N) is 2. The minimum Gasteiger partial charge on any atom is -0.383 e. The van der Waals surface area contributed by atoms with Crippen LogP contribution in [0, 0.1) is 13.8 Å². The van der Waals surface area contributed by atoms with E-state index in [0.29, 0.717) is 17.6 Å². The summed E-state index contributed by atoms with van der Waals surface area (Å²) in [5.41, 5.74) is 10.3. The van der Waals surface area contributed by atoms with Crippen LogP contribution in [0.2, 0.25) is 0 Å².